The van der Waals surface area contributed by atoms with Crippen LogP contribution >= 0.6 is 0 Å². The number of hydrogen-bond donors (Lipinski definition) is 1. The van der Waals surface area contributed by atoms with Gasteiger partial charge in [-0.2, -0.15) is 0 Å². The van der Waals surface area contributed by atoms with E-state index in [9.17, 15) is 15.0 Å². The molecule has 1 N–H and O–H groups in total. The number of carboxylic acid groups (broad SMARTS) is 1. The van der Waals surface area contributed by atoms with E-state index in [1.54, 1.807) is 7.05 Å². The molecule has 0 aliphatic carbocycles. The molecule has 0 fully saturated rings. The van der Waals surface area contributed by atoms with Crippen LogP contribution in [-0.2, 0) is 4.79 Å². The first kappa shape index (κ1) is 22.7. The van der Waals surface area contributed by atoms with Crippen LogP contribution in [0.4, 0.5) is 0 Å². The van der Waals surface area contributed by atoms with Crippen LogP contribution in [0, 0.1) is 0 Å². The normalized spacial score (nSPS) is 12.2. The van der Waals surface area contributed by atoms with Gasteiger partial charge in [-0.15, -0.1) is 0 Å². The Balaban J connectivity index is 0. The molecule has 0 aromatic heterocycles. The van der Waals surface area contributed by atoms with E-state index in [1.807, 2.05) is 0 Å². The van der Waals surface area contributed by atoms with Gasteiger partial charge in [-0.05, 0) is 19.9 Å². The van der Waals surface area contributed by atoms with E-state index in [0.717, 1.165) is 12.8 Å². The first-order valence-corrected chi connectivity index (χ1v) is 7.66. The van der Waals surface area contributed by atoms with Crippen molar-refractivity contribution in [3.05, 3.63) is 0 Å². The average Bonchev–Trinajstić information content (AvgIpc) is 2.35. The van der Waals surface area contributed by atoms with Crippen LogP contribution in [0.15, 0.2) is 0 Å². The van der Waals surface area contributed by atoms with Crippen molar-refractivity contribution in [3.8, 4) is 0 Å². The van der Waals surface area contributed by atoms with Crippen molar-refractivity contribution in [1.29, 1.82) is 0 Å². The molecule has 0 aromatic carbocycles. The van der Waals surface area contributed by atoms with Gasteiger partial charge < -0.3 is 15.0 Å². The van der Waals surface area contributed by atoms with Gasteiger partial charge in [0.05, 0.1) is 5.97 Å². The summed E-state index contributed by atoms with van der Waals surface area (Å²) >= 11 is 0. The van der Waals surface area contributed by atoms with Gasteiger partial charge in [0.1, 0.15) is 6.23 Å². The Hall–Kier alpha value is 0.390. The third-order valence-electron chi connectivity index (χ3n) is 3.45. The topological polar surface area (TPSA) is 63.6 Å². The Labute approximate surface area is 146 Å². The number of aliphatic hydroxyl groups excluding tert-OH is 1. The van der Waals surface area contributed by atoms with Gasteiger partial charge in [0, 0.05) is 6.54 Å². The van der Waals surface area contributed by atoms with Gasteiger partial charge in [-0.3, -0.25) is 4.90 Å². The number of aliphatic hydroxyl groups is 1. The molecule has 0 aliphatic rings. The maximum absolute atomic E-state index is 10.4. The van der Waals surface area contributed by atoms with Crippen LogP contribution in [0.3, 0.4) is 0 Å². The molecule has 0 amide bonds. The Bertz CT molecular complexity index is 227. The molecule has 0 aliphatic heterocycles. The van der Waals surface area contributed by atoms with Crippen LogP contribution < -0.4 is 34.7 Å². The maximum atomic E-state index is 10.4. The third kappa shape index (κ3) is 14.8. The van der Waals surface area contributed by atoms with Crippen LogP contribution in [0.25, 0.3) is 0 Å². The number of aliphatic carboxylic acids is 1. The molecular formula is C15H30NNaO3. The fourth-order valence-corrected chi connectivity index (χ4v) is 2.17. The van der Waals surface area contributed by atoms with Gasteiger partial charge in [-0.1, -0.05) is 58.3 Å². The summed E-state index contributed by atoms with van der Waals surface area (Å²) in [5.74, 6) is -1.14. The summed E-state index contributed by atoms with van der Waals surface area (Å²) in [6.07, 6.45) is 11.2. The number of rotatable bonds is 13. The summed E-state index contributed by atoms with van der Waals surface area (Å²) in [6, 6.07) is 0. The summed E-state index contributed by atoms with van der Waals surface area (Å²) in [5, 5.41) is 20.1. The molecule has 0 radical (unpaired) electrons. The number of nitrogens with zero attached hydrogens (tertiary/aromatic N) is 1. The van der Waals surface area contributed by atoms with Crippen molar-refractivity contribution in [1.82, 2.24) is 4.90 Å². The van der Waals surface area contributed by atoms with Crippen molar-refractivity contribution in [2.75, 3.05) is 13.6 Å². The van der Waals surface area contributed by atoms with E-state index >= 15 is 0 Å². The number of likely N-dealkylation sites (N-methyl/N-ethyl adjacent to an activating group) is 1. The largest absolute Gasteiger partial charge is 1.00 e. The molecule has 0 saturated carbocycles. The molecule has 0 spiro atoms. The quantitative estimate of drug-likeness (QED) is 0.266. The van der Waals surface area contributed by atoms with E-state index in [1.165, 1.54) is 49.8 Å². The van der Waals surface area contributed by atoms with Crippen molar-refractivity contribution in [3.63, 3.8) is 0 Å². The molecule has 5 heteroatoms. The van der Waals surface area contributed by atoms with Gasteiger partial charge in [-0.25, -0.2) is 0 Å². The number of hydrogen-bond acceptors (Lipinski definition) is 4. The van der Waals surface area contributed by atoms with Gasteiger partial charge in [0.2, 0.25) is 0 Å². The summed E-state index contributed by atoms with van der Waals surface area (Å²) in [4.78, 5) is 11.8. The molecule has 1 atom stereocenters. The van der Waals surface area contributed by atoms with Crippen molar-refractivity contribution >= 4 is 5.97 Å². The van der Waals surface area contributed by atoms with Crippen LogP contribution in [-0.4, -0.2) is 35.8 Å². The molecule has 0 aromatic rings. The zero-order chi connectivity index (χ0) is 14.5. The second-order valence-electron chi connectivity index (χ2n) is 5.38. The van der Waals surface area contributed by atoms with Gasteiger partial charge in [0.15, 0.2) is 0 Å². The Morgan fingerprint density at radius 3 is 1.95 bits per heavy atom. The molecule has 4 nitrogen and oxygen atoms in total. The van der Waals surface area contributed by atoms with Gasteiger partial charge >= 0.3 is 29.6 Å². The van der Waals surface area contributed by atoms with E-state index in [0.29, 0.717) is 6.42 Å². The van der Waals surface area contributed by atoms with E-state index < -0.39 is 12.2 Å². The van der Waals surface area contributed by atoms with Crippen molar-refractivity contribution in [2.45, 2.75) is 77.4 Å². The van der Waals surface area contributed by atoms with Gasteiger partial charge in [0.25, 0.3) is 0 Å². The second kappa shape index (κ2) is 15.8. The third-order valence-corrected chi connectivity index (χ3v) is 3.45. The molecule has 1 unspecified atom stereocenters. The second-order valence-corrected chi connectivity index (χ2v) is 5.38. The molecular weight excluding hydrogens is 265 g/mol. The monoisotopic (exact) mass is 295 g/mol. The number of carbonyl (C=O) groups is 1. The summed E-state index contributed by atoms with van der Waals surface area (Å²) in [7, 11) is 1.61. The zero-order valence-corrected chi connectivity index (χ0v) is 15.6. The fourth-order valence-electron chi connectivity index (χ4n) is 2.17. The minimum Gasteiger partial charge on any atom is -0.549 e. The first-order chi connectivity index (χ1) is 9.07. The number of carbonyl (C=O) groups excluding carboxylic acids is 1. The predicted octanol–water partition coefficient (Wildman–Crippen LogP) is -1.09. The maximum Gasteiger partial charge on any atom is 1.00 e. The fraction of sp³-hybridized carbons (Fsp3) is 0.933. The SMILES string of the molecule is CCCCCCCCCCCC(O)N(C)CC(=O)[O-].[Na+]. The summed E-state index contributed by atoms with van der Waals surface area (Å²) in [6.45, 7) is 2.02. The zero-order valence-electron chi connectivity index (χ0n) is 13.6. The Morgan fingerprint density at radius 2 is 1.50 bits per heavy atom. The molecule has 0 heterocycles. The molecule has 0 saturated heterocycles. The first-order valence-electron chi connectivity index (χ1n) is 7.66. The predicted molar refractivity (Wildman–Crippen MR) is 75.5 cm³/mol. The summed E-state index contributed by atoms with van der Waals surface area (Å²) in [5.41, 5.74) is 0. The molecule has 114 valence electrons. The van der Waals surface area contributed by atoms with Crippen molar-refractivity contribution in [2.24, 2.45) is 0 Å². The van der Waals surface area contributed by atoms with E-state index in [4.69, 9.17) is 0 Å². The number of unbranched alkanes of at least 4 members (excludes halogenated alkanes) is 8. The molecule has 0 rings (SSSR count). The number of carboxylic acids is 1. The minimum atomic E-state index is -1.14. The smallest absolute Gasteiger partial charge is 0.549 e. The molecule has 0 bridgehead atoms. The van der Waals surface area contributed by atoms with E-state index in [2.05, 4.69) is 6.92 Å². The molecule has 20 heavy (non-hydrogen) atoms. The summed E-state index contributed by atoms with van der Waals surface area (Å²) < 4.78 is 0. The Morgan fingerprint density at radius 1 is 1.05 bits per heavy atom. The average molecular weight is 295 g/mol. The Kier molecular flexibility index (Phi) is 17.9. The van der Waals surface area contributed by atoms with Crippen molar-refractivity contribution < 1.29 is 44.6 Å². The van der Waals surface area contributed by atoms with Crippen LogP contribution in [0.2, 0.25) is 0 Å². The standard InChI is InChI=1S/C15H31NO3.Na/c1-3-4-5-6-7-8-9-10-11-12-14(17)16(2)13-15(18)19;/h14,17H,3-13H2,1-2H3,(H,18,19);/q;+1/p-1. The van der Waals surface area contributed by atoms with E-state index in [-0.39, 0.29) is 36.1 Å². The van der Waals surface area contributed by atoms with Crippen LogP contribution in [0.5, 0.6) is 0 Å². The minimum absolute atomic E-state index is 0. The van der Waals surface area contributed by atoms with Crippen LogP contribution in [0.1, 0.15) is 71.1 Å².